The third-order valence-corrected chi connectivity index (χ3v) is 5.94. The van der Waals surface area contributed by atoms with Crippen molar-refractivity contribution >= 4 is 63.9 Å². The SMILES string of the molecule is COc1cc(NC(=O)c2cnc(Nc3ccccc3Cl)nc2NCCCNC(=S)NCCC(=O)O)cc(OC)c1. The van der Waals surface area contributed by atoms with Gasteiger partial charge in [-0.05, 0) is 30.8 Å². The number of ether oxygens (including phenoxy) is 2. The Morgan fingerprint density at radius 2 is 1.73 bits per heavy atom. The van der Waals surface area contributed by atoms with Crippen LogP contribution in [0.1, 0.15) is 23.2 Å². The van der Waals surface area contributed by atoms with Crippen LogP contribution in [-0.2, 0) is 4.79 Å². The topological polar surface area (TPSA) is 159 Å². The van der Waals surface area contributed by atoms with Crippen LogP contribution in [0.4, 0.5) is 23.1 Å². The summed E-state index contributed by atoms with van der Waals surface area (Å²) in [6.07, 6.45) is 2.00. The van der Waals surface area contributed by atoms with Crippen LogP contribution in [0.3, 0.4) is 0 Å². The number of halogens is 1. The molecule has 0 aliphatic rings. The number of hydrogen-bond acceptors (Lipinski definition) is 9. The maximum absolute atomic E-state index is 13.3. The van der Waals surface area contributed by atoms with Crippen LogP contribution < -0.4 is 36.1 Å². The van der Waals surface area contributed by atoms with Crippen molar-refractivity contribution in [1.29, 1.82) is 0 Å². The molecule has 14 heteroatoms. The minimum absolute atomic E-state index is 0.0327. The van der Waals surface area contributed by atoms with Crippen LogP contribution in [0.25, 0.3) is 0 Å². The van der Waals surface area contributed by atoms with E-state index in [1.165, 1.54) is 20.4 Å². The maximum Gasteiger partial charge on any atom is 0.305 e. The van der Waals surface area contributed by atoms with Crippen molar-refractivity contribution in [2.45, 2.75) is 12.8 Å². The molecule has 0 saturated heterocycles. The molecule has 0 bridgehead atoms. The van der Waals surface area contributed by atoms with Gasteiger partial charge in [-0.15, -0.1) is 0 Å². The highest BCUT2D eigenvalue weighted by Crippen LogP contribution is 2.27. The minimum atomic E-state index is -0.905. The van der Waals surface area contributed by atoms with Crippen molar-refractivity contribution in [3.63, 3.8) is 0 Å². The molecule has 0 fully saturated rings. The lowest BCUT2D eigenvalue weighted by Crippen LogP contribution is -2.37. The summed E-state index contributed by atoms with van der Waals surface area (Å²) in [7, 11) is 3.04. The number of thiocarbonyl (C=S) groups is 1. The Morgan fingerprint density at radius 1 is 1.02 bits per heavy atom. The molecule has 6 N–H and O–H groups in total. The molecule has 212 valence electrons. The lowest BCUT2D eigenvalue weighted by molar-refractivity contribution is -0.136. The van der Waals surface area contributed by atoms with Crippen molar-refractivity contribution in [2.75, 3.05) is 49.8 Å². The first kappa shape index (κ1) is 30.2. The molecule has 1 amide bonds. The third kappa shape index (κ3) is 9.43. The number of amides is 1. The monoisotopic (exact) mass is 587 g/mol. The highest BCUT2D eigenvalue weighted by Gasteiger charge is 2.17. The Hall–Kier alpha value is -4.36. The van der Waals surface area contributed by atoms with Gasteiger partial charge in [-0.2, -0.15) is 4.98 Å². The van der Waals surface area contributed by atoms with Crippen LogP contribution in [-0.4, -0.2) is 65.9 Å². The molecular formula is C26H30ClN7O5S. The first-order valence-electron chi connectivity index (χ1n) is 12.2. The summed E-state index contributed by atoms with van der Waals surface area (Å²) in [5.74, 6) is 0.246. The Balaban J connectivity index is 1.71. The second-order valence-corrected chi connectivity index (χ2v) is 9.04. The first-order valence-corrected chi connectivity index (χ1v) is 13.0. The summed E-state index contributed by atoms with van der Waals surface area (Å²) in [5.41, 5.74) is 1.30. The number of aromatic nitrogens is 2. The number of benzene rings is 2. The van der Waals surface area contributed by atoms with E-state index in [-0.39, 0.29) is 24.5 Å². The number of anilines is 4. The van der Waals surface area contributed by atoms with Gasteiger partial charge >= 0.3 is 5.97 Å². The Morgan fingerprint density at radius 3 is 2.40 bits per heavy atom. The van der Waals surface area contributed by atoms with Crippen LogP contribution >= 0.6 is 23.8 Å². The van der Waals surface area contributed by atoms with Crippen molar-refractivity contribution in [3.8, 4) is 11.5 Å². The van der Waals surface area contributed by atoms with E-state index in [1.807, 2.05) is 12.1 Å². The Bertz CT molecular complexity index is 1320. The van der Waals surface area contributed by atoms with Gasteiger partial charge in [-0.1, -0.05) is 23.7 Å². The number of hydrogen-bond donors (Lipinski definition) is 6. The number of carbonyl (C=O) groups excluding carboxylic acids is 1. The summed E-state index contributed by atoms with van der Waals surface area (Å²) in [6.45, 7) is 1.19. The smallest absolute Gasteiger partial charge is 0.305 e. The molecule has 3 aromatic rings. The second kappa shape index (κ2) is 15.3. The second-order valence-electron chi connectivity index (χ2n) is 8.22. The number of carboxylic acids is 1. The number of carboxylic acid groups (broad SMARTS) is 1. The van der Waals surface area contributed by atoms with E-state index in [4.69, 9.17) is 38.4 Å². The standard InChI is InChI=1S/C26H30ClN7O5S/c1-38-17-12-16(13-18(14-17)39-2)32-24(37)19-15-31-25(33-21-7-4-3-6-20(21)27)34-23(19)28-9-5-10-29-26(40)30-11-8-22(35)36/h3-4,6-7,12-15H,5,8-11H2,1-2H3,(H,32,37)(H,35,36)(H2,29,30,40)(H2,28,31,33,34). The molecule has 0 radical (unpaired) electrons. The van der Waals surface area contributed by atoms with E-state index in [0.29, 0.717) is 58.3 Å². The van der Waals surface area contributed by atoms with E-state index in [1.54, 1.807) is 30.3 Å². The predicted molar refractivity (Wildman–Crippen MR) is 158 cm³/mol. The predicted octanol–water partition coefficient (Wildman–Crippen LogP) is 3.88. The van der Waals surface area contributed by atoms with Gasteiger partial charge in [0.15, 0.2) is 5.11 Å². The molecule has 0 aliphatic heterocycles. The zero-order valence-electron chi connectivity index (χ0n) is 21.9. The van der Waals surface area contributed by atoms with E-state index in [9.17, 15) is 9.59 Å². The summed E-state index contributed by atoms with van der Waals surface area (Å²) in [5, 5.41) is 24.5. The number of nitrogens with zero attached hydrogens (tertiary/aromatic N) is 2. The van der Waals surface area contributed by atoms with E-state index < -0.39 is 11.9 Å². The average Bonchev–Trinajstić information content (AvgIpc) is 2.93. The highest BCUT2D eigenvalue weighted by atomic mass is 35.5. The van der Waals surface area contributed by atoms with Gasteiger partial charge in [0, 0.05) is 49.7 Å². The van der Waals surface area contributed by atoms with Crippen LogP contribution in [0.5, 0.6) is 11.5 Å². The van der Waals surface area contributed by atoms with Crippen LogP contribution in [0.15, 0.2) is 48.7 Å². The number of para-hydroxylation sites is 1. The van der Waals surface area contributed by atoms with Crippen LogP contribution in [0.2, 0.25) is 5.02 Å². The van der Waals surface area contributed by atoms with Gasteiger partial charge in [0.1, 0.15) is 22.9 Å². The van der Waals surface area contributed by atoms with Crippen molar-refractivity contribution in [3.05, 3.63) is 59.2 Å². The van der Waals surface area contributed by atoms with Gasteiger partial charge in [0.05, 0.1) is 31.4 Å². The zero-order chi connectivity index (χ0) is 28.9. The Kier molecular flexibility index (Phi) is 11.5. The fourth-order valence-corrected chi connectivity index (χ4v) is 3.73. The first-order chi connectivity index (χ1) is 19.3. The fourth-order valence-electron chi connectivity index (χ4n) is 3.35. The van der Waals surface area contributed by atoms with E-state index >= 15 is 0 Å². The number of methoxy groups -OCH3 is 2. The zero-order valence-corrected chi connectivity index (χ0v) is 23.5. The summed E-state index contributed by atoms with van der Waals surface area (Å²) in [4.78, 5) is 32.7. The fraction of sp³-hybridized carbons (Fsp3) is 0.269. The molecule has 1 aromatic heterocycles. The van der Waals surface area contributed by atoms with Crippen molar-refractivity contribution in [2.24, 2.45) is 0 Å². The maximum atomic E-state index is 13.3. The summed E-state index contributed by atoms with van der Waals surface area (Å²) < 4.78 is 10.6. The summed E-state index contributed by atoms with van der Waals surface area (Å²) in [6, 6.07) is 12.2. The lowest BCUT2D eigenvalue weighted by Gasteiger charge is -2.15. The van der Waals surface area contributed by atoms with Crippen LogP contribution in [0, 0.1) is 0 Å². The highest BCUT2D eigenvalue weighted by molar-refractivity contribution is 7.80. The molecule has 1 heterocycles. The molecule has 3 rings (SSSR count). The number of aliphatic carboxylic acids is 1. The largest absolute Gasteiger partial charge is 0.497 e. The van der Waals surface area contributed by atoms with E-state index in [2.05, 4.69) is 36.6 Å². The van der Waals surface area contributed by atoms with E-state index in [0.717, 1.165) is 0 Å². The molecule has 2 aromatic carbocycles. The van der Waals surface area contributed by atoms with Gasteiger partial charge in [-0.3, -0.25) is 9.59 Å². The van der Waals surface area contributed by atoms with Crippen molar-refractivity contribution < 1.29 is 24.2 Å². The molecule has 40 heavy (non-hydrogen) atoms. The number of nitrogens with one attached hydrogen (secondary N) is 5. The van der Waals surface area contributed by atoms with Crippen molar-refractivity contribution in [1.82, 2.24) is 20.6 Å². The van der Waals surface area contributed by atoms with Gasteiger partial charge in [0.2, 0.25) is 5.95 Å². The third-order valence-electron chi connectivity index (χ3n) is 5.32. The molecule has 12 nitrogen and oxygen atoms in total. The molecule has 0 spiro atoms. The molecule has 0 unspecified atom stereocenters. The van der Waals surface area contributed by atoms with Gasteiger partial charge < -0.3 is 41.2 Å². The van der Waals surface area contributed by atoms with Gasteiger partial charge in [-0.25, -0.2) is 4.98 Å². The number of carbonyl (C=O) groups is 2. The summed E-state index contributed by atoms with van der Waals surface area (Å²) >= 11 is 11.4. The quantitative estimate of drug-likeness (QED) is 0.119. The Labute approximate surface area is 241 Å². The molecular weight excluding hydrogens is 558 g/mol. The van der Waals surface area contributed by atoms with Gasteiger partial charge in [0.25, 0.3) is 5.91 Å². The normalized spacial score (nSPS) is 10.3. The molecule has 0 saturated carbocycles. The minimum Gasteiger partial charge on any atom is -0.497 e. The lowest BCUT2D eigenvalue weighted by atomic mass is 10.2. The molecule has 0 aliphatic carbocycles. The molecule has 0 atom stereocenters. The number of rotatable bonds is 14. The average molecular weight is 588 g/mol.